The van der Waals surface area contributed by atoms with Gasteiger partial charge in [-0.1, -0.05) is 23.7 Å². The zero-order valence-electron chi connectivity index (χ0n) is 15.1. The minimum absolute atomic E-state index is 0. The van der Waals surface area contributed by atoms with E-state index in [0.29, 0.717) is 6.54 Å². The second kappa shape index (κ2) is 11.4. The Morgan fingerprint density at radius 2 is 1.92 bits per heavy atom. The third kappa shape index (κ3) is 7.64. The summed E-state index contributed by atoms with van der Waals surface area (Å²) < 4.78 is 2.05. The lowest BCUT2D eigenvalue weighted by atomic mass is 10.2. The van der Waals surface area contributed by atoms with Crippen molar-refractivity contribution < 1.29 is 0 Å². The van der Waals surface area contributed by atoms with Crippen molar-refractivity contribution in [2.24, 2.45) is 4.99 Å². The average molecular weight is 476 g/mol. The zero-order valence-corrected chi connectivity index (χ0v) is 18.1. The lowest BCUT2D eigenvalue weighted by Crippen LogP contribution is -2.38. The van der Waals surface area contributed by atoms with E-state index in [1.165, 1.54) is 5.69 Å². The van der Waals surface area contributed by atoms with E-state index in [1.54, 1.807) is 0 Å². The minimum atomic E-state index is 0. The van der Waals surface area contributed by atoms with Crippen molar-refractivity contribution in [2.75, 3.05) is 13.1 Å². The highest BCUT2D eigenvalue weighted by Crippen LogP contribution is 2.10. The largest absolute Gasteiger partial charge is 0.357 e. The topological polar surface area (TPSA) is 54.2 Å². The number of benzene rings is 1. The Morgan fingerprint density at radius 1 is 1.20 bits per heavy atom. The van der Waals surface area contributed by atoms with Crippen molar-refractivity contribution in [3.63, 3.8) is 0 Å². The maximum Gasteiger partial charge on any atom is 0.191 e. The van der Waals surface area contributed by atoms with Gasteiger partial charge in [0.05, 0.1) is 12.2 Å². The third-order valence-electron chi connectivity index (χ3n) is 3.62. The zero-order chi connectivity index (χ0) is 17.4. The summed E-state index contributed by atoms with van der Waals surface area (Å²) in [5, 5.41) is 11.9. The minimum Gasteiger partial charge on any atom is -0.357 e. The molecule has 0 aliphatic rings. The van der Waals surface area contributed by atoms with E-state index in [-0.39, 0.29) is 24.0 Å². The molecule has 2 N–H and O–H groups in total. The molecule has 2 aromatic rings. The van der Waals surface area contributed by atoms with E-state index in [0.717, 1.165) is 48.3 Å². The van der Waals surface area contributed by atoms with Crippen LogP contribution in [0.15, 0.2) is 35.3 Å². The molecule has 0 saturated carbocycles. The van der Waals surface area contributed by atoms with Crippen LogP contribution in [-0.4, -0.2) is 28.8 Å². The van der Waals surface area contributed by atoms with Gasteiger partial charge in [0.25, 0.3) is 0 Å². The van der Waals surface area contributed by atoms with Crippen molar-refractivity contribution in [1.29, 1.82) is 0 Å². The Hall–Kier alpha value is -1.28. The van der Waals surface area contributed by atoms with Crippen molar-refractivity contribution in [3.05, 3.63) is 52.3 Å². The maximum atomic E-state index is 5.90. The molecule has 1 heterocycles. The lowest BCUT2D eigenvalue weighted by Gasteiger charge is -2.11. The lowest BCUT2D eigenvalue weighted by molar-refractivity contribution is 0.555. The van der Waals surface area contributed by atoms with E-state index in [2.05, 4.69) is 45.3 Å². The smallest absolute Gasteiger partial charge is 0.191 e. The van der Waals surface area contributed by atoms with Crippen LogP contribution >= 0.6 is 35.6 Å². The van der Waals surface area contributed by atoms with Gasteiger partial charge in [-0.05, 0) is 51.0 Å². The number of halogens is 2. The van der Waals surface area contributed by atoms with Crippen LogP contribution in [0, 0.1) is 13.8 Å². The normalized spacial score (nSPS) is 11.1. The molecule has 5 nitrogen and oxygen atoms in total. The average Bonchev–Trinajstić information content (AvgIpc) is 2.88. The highest BCUT2D eigenvalue weighted by atomic mass is 127. The summed E-state index contributed by atoms with van der Waals surface area (Å²) in [6.45, 7) is 9.40. The molecule has 25 heavy (non-hydrogen) atoms. The molecule has 0 amide bonds. The summed E-state index contributed by atoms with van der Waals surface area (Å²) in [5.74, 6) is 0.834. The predicted octanol–water partition coefficient (Wildman–Crippen LogP) is 3.92. The first-order valence-electron chi connectivity index (χ1n) is 8.36. The van der Waals surface area contributed by atoms with E-state index >= 15 is 0 Å². The number of aromatic nitrogens is 2. The van der Waals surface area contributed by atoms with Gasteiger partial charge in [-0.2, -0.15) is 5.10 Å². The number of rotatable bonds is 7. The number of hydrogen-bond acceptors (Lipinski definition) is 2. The highest BCUT2D eigenvalue weighted by molar-refractivity contribution is 14.0. The molecule has 1 aromatic carbocycles. The van der Waals surface area contributed by atoms with E-state index < -0.39 is 0 Å². The molecule has 0 atom stereocenters. The Kier molecular flexibility index (Phi) is 9.89. The number of aliphatic imine (C=N–C) groups is 1. The first-order valence-corrected chi connectivity index (χ1v) is 8.74. The molecule has 0 aliphatic heterocycles. The van der Waals surface area contributed by atoms with Crippen molar-refractivity contribution in [2.45, 2.75) is 40.3 Å². The standard InChI is InChI=1S/C18H26ClN5.HI/c1-4-20-18(22-13-16-6-8-17(19)9-7-16)21-10-5-11-24-15(3)12-14(2)23-24;/h6-9,12H,4-5,10-11,13H2,1-3H3,(H2,20,21,22);1H. The summed E-state index contributed by atoms with van der Waals surface area (Å²) in [7, 11) is 0. The van der Waals surface area contributed by atoms with E-state index in [9.17, 15) is 0 Å². The van der Waals surface area contributed by atoms with Gasteiger partial charge >= 0.3 is 0 Å². The quantitative estimate of drug-likeness (QED) is 0.276. The molecular weight excluding hydrogens is 449 g/mol. The summed E-state index contributed by atoms with van der Waals surface area (Å²) in [6, 6.07) is 9.88. The third-order valence-corrected chi connectivity index (χ3v) is 3.87. The van der Waals surface area contributed by atoms with Gasteiger partial charge in [-0.3, -0.25) is 4.68 Å². The van der Waals surface area contributed by atoms with E-state index in [1.807, 2.05) is 31.2 Å². The van der Waals surface area contributed by atoms with Gasteiger partial charge in [0.15, 0.2) is 5.96 Å². The number of hydrogen-bond donors (Lipinski definition) is 2. The molecule has 0 bridgehead atoms. The predicted molar refractivity (Wildman–Crippen MR) is 116 cm³/mol. The van der Waals surface area contributed by atoms with Gasteiger partial charge in [0.2, 0.25) is 0 Å². The van der Waals surface area contributed by atoms with Crippen LogP contribution < -0.4 is 10.6 Å². The molecule has 1 aromatic heterocycles. The molecule has 138 valence electrons. The first-order chi connectivity index (χ1) is 11.6. The van der Waals surface area contributed by atoms with Gasteiger partial charge < -0.3 is 10.6 Å². The highest BCUT2D eigenvalue weighted by Gasteiger charge is 2.01. The SMILES string of the molecule is CCNC(=NCc1ccc(Cl)cc1)NCCCn1nc(C)cc1C.I. The van der Waals surface area contributed by atoms with Crippen molar-refractivity contribution in [3.8, 4) is 0 Å². The van der Waals surface area contributed by atoms with Gasteiger partial charge in [0.1, 0.15) is 0 Å². The van der Waals surface area contributed by atoms with E-state index in [4.69, 9.17) is 11.6 Å². The Labute approximate surface area is 172 Å². The molecule has 0 unspecified atom stereocenters. The second-order valence-corrected chi connectivity index (χ2v) is 6.19. The summed E-state index contributed by atoms with van der Waals surface area (Å²) >= 11 is 5.90. The fraction of sp³-hybridized carbons (Fsp3) is 0.444. The van der Waals surface area contributed by atoms with Gasteiger partial charge in [-0.25, -0.2) is 4.99 Å². The molecule has 0 radical (unpaired) electrons. The first kappa shape index (κ1) is 21.8. The van der Waals surface area contributed by atoms with Gasteiger partial charge in [0, 0.05) is 30.4 Å². The fourth-order valence-electron chi connectivity index (χ4n) is 2.44. The number of nitrogens with one attached hydrogen (secondary N) is 2. The monoisotopic (exact) mass is 475 g/mol. The molecule has 7 heteroatoms. The van der Waals surface area contributed by atoms with Crippen LogP contribution in [0.2, 0.25) is 5.02 Å². The Bertz CT molecular complexity index is 667. The van der Waals surface area contributed by atoms with Crippen molar-refractivity contribution >= 4 is 41.5 Å². The van der Waals surface area contributed by atoms with Gasteiger partial charge in [-0.15, -0.1) is 24.0 Å². The number of aryl methyl sites for hydroxylation is 3. The second-order valence-electron chi connectivity index (χ2n) is 5.75. The summed E-state index contributed by atoms with van der Waals surface area (Å²) in [5.41, 5.74) is 3.41. The Balaban J connectivity index is 0.00000312. The summed E-state index contributed by atoms with van der Waals surface area (Å²) in [6.07, 6.45) is 0.993. The maximum absolute atomic E-state index is 5.90. The van der Waals surface area contributed by atoms with Crippen LogP contribution in [0.25, 0.3) is 0 Å². The van der Waals surface area contributed by atoms with Crippen LogP contribution in [-0.2, 0) is 13.1 Å². The number of nitrogens with zero attached hydrogens (tertiary/aromatic N) is 3. The summed E-state index contributed by atoms with van der Waals surface area (Å²) in [4.78, 5) is 4.61. The molecular formula is C18H27ClIN5. The van der Waals surface area contributed by atoms with Crippen LogP contribution in [0.3, 0.4) is 0 Å². The molecule has 0 spiro atoms. The van der Waals surface area contributed by atoms with Crippen LogP contribution in [0.1, 0.15) is 30.3 Å². The van der Waals surface area contributed by atoms with Crippen molar-refractivity contribution in [1.82, 2.24) is 20.4 Å². The van der Waals surface area contributed by atoms with Crippen LogP contribution in [0.5, 0.6) is 0 Å². The van der Waals surface area contributed by atoms with Crippen LogP contribution in [0.4, 0.5) is 0 Å². The molecule has 0 saturated heterocycles. The molecule has 0 aliphatic carbocycles. The fourth-order valence-corrected chi connectivity index (χ4v) is 2.56. The Morgan fingerprint density at radius 3 is 2.52 bits per heavy atom. The molecule has 2 rings (SSSR count). The molecule has 0 fully saturated rings. The number of guanidine groups is 1.